The summed E-state index contributed by atoms with van der Waals surface area (Å²) < 4.78 is 1.09. The van der Waals surface area contributed by atoms with E-state index in [4.69, 9.17) is 23.2 Å². The molecule has 0 aromatic heterocycles. The van der Waals surface area contributed by atoms with Crippen molar-refractivity contribution in [2.45, 2.75) is 11.8 Å². The summed E-state index contributed by atoms with van der Waals surface area (Å²) in [4.78, 5) is 0. The zero-order valence-electron chi connectivity index (χ0n) is 6.43. The highest BCUT2D eigenvalue weighted by molar-refractivity contribution is 9.10. The van der Waals surface area contributed by atoms with Crippen molar-refractivity contribution < 1.29 is 0 Å². The normalized spacial score (nSPS) is 12.9. The molecule has 0 N–H and O–H groups in total. The molecule has 0 bridgehead atoms. The van der Waals surface area contributed by atoms with Crippen LogP contribution in [0, 0.1) is 0 Å². The summed E-state index contributed by atoms with van der Waals surface area (Å²) in [6.07, 6.45) is 0.832. The second kappa shape index (κ2) is 5.11. The van der Waals surface area contributed by atoms with Crippen LogP contribution in [0.4, 0.5) is 0 Å². The molecule has 0 saturated carbocycles. The number of benzene rings is 1. The Morgan fingerprint density at radius 3 is 2.33 bits per heavy atom. The number of alkyl halides is 2. The molecule has 0 amide bonds. The SMILES string of the molecule is ClCC(Cl)Cc1ccc(Br)cc1. The third-order valence-electron chi connectivity index (χ3n) is 1.54. The van der Waals surface area contributed by atoms with Gasteiger partial charge in [-0.2, -0.15) is 0 Å². The minimum absolute atomic E-state index is 0.0350. The van der Waals surface area contributed by atoms with Crippen LogP contribution < -0.4 is 0 Å². The molecule has 1 atom stereocenters. The quantitative estimate of drug-likeness (QED) is 0.730. The van der Waals surface area contributed by atoms with Gasteiger partial charge in [-0.1, -0.05) is 28.1 Å². The molecule has 3 heteroatoms. The summed E-state index contributed by atoms with van der Waals surface area (Å²) in [7, 11) is 0. The van der Waals surface area contributed by atoms with Gasteiger partial charge in [0.2, 0.25) is 0 Å². The minimum Gasteiger partial charge on any atom is -0.125 e. The van der Waals surface area contributed by atoms with Gasteiger partial charge in [0.1, 0.15) is 0 Å². The van der Waals surface area contributed by atoms with Crippen LogP contribution >= 0.6 is 39.1 Å². The molecule has 0 radical (unpaired) electrons. The molecule has 0 spiro atoms. The molecule has 0 nitrogen and oxygen atoms in total. The lowest BCUT2D eigenvalue weighted by molar-refractivity contribution is 0.938. The molecule has 0 aliphatic heterocycles. The van der Waals surface area contributed by atoms with Crippen molar-refractivity contribution in [1.82, 2.24) is 0 Å². The van der Waals surface area contributed by atoms with Crippen molar-refractivity contribution in [3.63, 3.8) is 0 Å². The van der Waals surface area contributed by atoms with Crippen molar-refractivity contribution in [3.05, 3.63) is 34.3 Å². The van der Waals surface area contributed by atoms with Crippen LogP contribution in [0.2, 0.25) is 0 Å². The van der Waals surface area contributed by atoms with Gasteiger partial charge < -0.3 is 0 Å². The van der Waals surface area contributed by atoms with Crippen LogP contribution in [0.1, 0.15) is 5.56 Å². The lowest BCUT2D eigenvalue weighted by atomic mass is 10.1. The van der Waals surface area contributed by atoms with E-state index < -0.39 is 0 Å². The first kappa shape index (κ1) is 10.4. The summed E-state index contributed by atoms with van der Waals surface area (Å²) in [5.74, 6) is 0.498. The van der Waals surface area contributed by atoms with E-state index in [9.17, 15) is 0 Å². The fourth-order valence-corrected chi connectivity index (χ4v) is 1.48. The Morgan fingerprint density at radius 1 is 1.25 bits per heavy atom. The van der Waals surface area contributed by atoms with E-state index in [-0.39, 0.29) is 5.38 Å². The van der Waals surface area contributed by atoms with E-state index in [1.807, 2.05) is 24.3 Å². The van der Waals surface area contributed by atoms with Gasteiger partial charge >= 0.3 is 0 Å². The first-order valence-electron chi connectivity index (χ1n) is 3.67. The van der Waals surface area contributed by atoms with E-state index in [2.05, 4.69) is 15.9 Å². The smallest absolute Gasteiger partial charge is 0.0511 e. The highest BCUT2D eigenvalue weighted by atomic mass is 79.9. The van der Waals surface area contributed by atoms with Crippen molar-refractivity contribution >= 4 is 39.1 Å². The highest BCUT2D eigenvalue weighted by Gasteiger charge is 2.03. The maximum atomic E-state index is 5.90. The Bertz CT molecular complexity index is 233. The summed E-state index contributed by atoms with van der Waals surface area (Å²) in [6, 6.07) is 8.11. The van der Waals surface area contributed by atoms with Gasteiger partial charge in [0, 0.05) is 10.4 Å². The van der Waals surface area contributed by atoms with E-state index in [0.29, 0.717) is 5.88 Å². The Kier molecular flexibility index (Phi) is 4.41. The topological polar surface area (TPSA) is 0 Å². The van der Waals surface area contributed by atoms with Crippen LogP contribution in [0.3, 0.4) is 0 Å². The van der Waals surface area contributed by atoms with E-state index >= 15 is 0 Å². The second-order valence-corrected chi connectivity index (χ2v) is 4.42. The number of rotatable bonds is 3. The van der Waals surface area contributed by atoms with Crippen LogP contribution in [0.5, 0.6) is 0 Å². The minimum atomic E-state index is 0.0350. The van der Waals surface area contributed by atoms with E-state index in [0.717, 1.165) is 10.9 Å². The van der Waals surface area contributed by atoms with Gasteiger partial charge in [0.15, 0.2) is 0 Å². The van der Waals surface area contributed by atoms with Gasteiger partial charge in [-0.3, -0.25) is 0 Å². The van der Waals surface area contributed by atoms with Crippen molar-refractivity contribution in [2.24, 2.45) is 0 Å². The van der Waals surface area contributed by atoms with Crippen LogP contribution in [0.15, 0.2) is 28.7 Å². The van der Waals surface area contributed by atoms with E-state index in [1.165, 1.54) is 5.56 Å². The number of hydrogen-bond acceptors (Lipinski definition) is 0. The van der Waals surface area contributed by atoms with Crippen LogP contribution in [-0.2, 0) is 6.42 Å². The standard InChI is InChI=1S/C9H9BrCl2/c10-8-3-1-7(2-4-8)5-9(12)6-11/h1-4,9H,5-6H2. The summed E-state index contributed by atoms with van der Waals surface area (Å²) in [5, 5.41) is 0.0350. The molecule has 1 aromatic carbocycles. The first-order chi connectivity index (χ1) is 5.72. The molecular weight excluding hydrogens is 259 g/mol. The molecule has 1 unspecified atom stereocenters. The Balaban J connectivity index is 2.58. The average molecular weight is 268 g/mol. The van der Waals surface area contributed by atoms with Gasteiger partial charge in [-0.05, 0) is 24.1 Å². The van der Waals surface area contributed by atoms with Gasteiger partial charge in [0.25, 0.3) is 0 Å². The summed E-state index contributed by atoms with van der Waals surface area (Å²) in [6.45, 7) is 0. The number of halogens is 3. The molecule has 0 saturated heterocycles. The summed E-state index contributed by atoms with van der Waals surface area (Å²) in [5.41, 5.74) is 1.22. The molecule has 12 heavy (non-hydrogen) atoms. The van der Waals surface area contributed by atoms with Crippen molar-refractivity contribution in [1.29, 1.82) is 0 Å². The molecular formula is C9H9BrCl2. The predicted octanol–water partition coefficient (Wildman–Crippen LogP) is 3.84. The van der Waals surface area contributed by atoms with Gasteiger partial charge in [0.05, 0.1) is 5.38 Å². The molecule has 0 aliphatic rings. The number of hydrogen-bond donors (Lipinski definition) is 0. The Labute approximate surface area is 91.0 Å². The first-order valence-corrected chi connectivity index (χ1v) is 5.43. The molecule has 0 heterocycles. The molecule has 66 valence electrons. The maximum absolute atomic E-state index is 5.90. The molecule has 0 fully saturated rings. The Hall–Kier alpha value is 0.280. The third-order valence-corrected chi connectivity index (χ3v) is 2.91. The van der Waals surface area contributed by atoms with Gasteiger partial charge in [-0.15, -0.1) is 23.2 Å². The van der Waals surface area contributed by atoms with E-state index in [1.54, 1.807) is 0 Å². The molecule has 1 rings (SSSR count). The fraction of sp³-hybridized carbons (Fsp3) is 0.333. The average Bonchev–Trinajstić information content (AvgIpc) is 2.09. The monoisotopic (exact) mass is 266 g/mol. The maximum Gasteiger partial charge on any atom is 0.0511 e. The zero-order chi connectivity index (χ0) is 8.97. The Morgan fingerprint density at radius 2 is 1.83 bits per heavy atom. The molecule has 1 aromatic rings. The zero-order valence-corrected chi connectivity index (χ0v) is 9.53. The molecule has 0 aliphatic carbocycles. The van der Waals surface area contributed by atoms with Crippen LogP contribution in [-0.4, -0.2) is 11.3 Å². The third kappa shape index (κ3) is 3.34. The summed E-state index contributed by atoms with van der Waals surface area (Å²) >= 11 is 14.9. The fourth-order valence-electron chi connectivity index (χ4n) is 0.931. The lowest BCUT2D eigenvalue weighted by Gasteiger charge is -2.04. The predicted molar refractivity (Wildman–Crippen MR) is 58.2 cm³/mol. The van der Waals surface area contributed by atoms with Crippen LogP contribution in [0.25, 0.3) is 0 Å². The van der Waals surface area contributed by atoms with Gasteiger partial charge in [-0.25, -0.2) is 0 Å². The van der Waals surface area contributed by atoms with Crippen molar-refractivity contribution in [2.75, 3.05) is 5.88 Å². The largest absolute Gasteiger partial charge is 0.125 e. The lowest BCUT2D eigenvalue weighted by Crippen LogP contribution is -2.04. The second-order valence-electron chi connectivity index (χ2n) is 2.58. The van der Waals surface area contributed by atoms with Crippen molar-refractivity contribution in [3.8, 4) is 0 Å². The highest BCUT2D eigenvalue weighted by Crippen LogP contribution is 2.14.